The van der Waals surface area contributed by atoms with E-state index in [0.717, 1.165) is 5.56 Å². The van der Waals surface area contributed by atoms with E-state index in [-0.39, 0.29) is 5.91 Å². The first-order valence-electron chi connectivity index (χ1n) is 8.94. The maximum Gasteiger partial charge on any atom is 0.220 e. The first kappa shape index (κ1) is 19.6. The summed E-state index contributed by atoms with van der Waals surface area (Å²) >= 11 is 5.95. The normalized spacial score (nSPS) is 10.3. The second-order valence-corrected chi connectivity index (χ2v) is 6.47. The Balaban J connectivity index is 1.38. The minimum Gasteiger partial charge on any atom is -0.368 e. The summed E-state index contributed by atoms with van der Waals surface area (Å²) in [7, 11) is 0. The second-order valence-electron chi connectivity index (χ2n) is 6.04. The minimum atomic E-state index is 0.00182. The molecule has 7 nitrogen and oxygen atoms in total. The van der Waals surface area contributed by atoms with Gasteiger partial charge in [0, 0.05) is 36.8 Å². The molecule has 0 aliphatic heterocycles. The van der Waals surface area contributed by atoms with Crippen molar-refractivity contribution >= 4 is 35.0 Å². The highest BCUT2D eigenvalue weighted by molar-refractivity contribution is 6.30. The second kappa shape index (κ2) is 10.2. The molecule has 0 atom stereocenters. The maximum absolute atomic E-state index is 12.0. The summed E-state index contributed by atoms with van der Waals surface area (Å²) in [6, 6.07) is 14.9. The molecule has 0 bridgehead atoms. The summed E-state index contributed by atoms with van der Waals surface area (Å²) in [4.78, 5) is 24.5. The highest BCUT2D eigenvalue weighted by atomic mass is 35.5. The lowest BCUT2D eigenvalue weighted by molar-refractivity contribution is -0.120. The third-order valence-corrected chi connectivity index (χ3v) is 4.11. The molecule has 0 fully saturated rings. The van der Waals surface area contributed by atoms with E-state index < -0.39 is 0 Å². The van der Waals surface area contributed by atoms with Crippen LogP contribution in [-0.2, 0) is 11.2 Å². The summed E-state index contributed by atoms with van der Waals surface area (Å²) in [5.41, 5.74) is 1.05. The largest absolute Gasteiger partial charge is 0.368 e. The van der Waals surface area contributed by atoms with Crippen LogP contribution in [0.1, 0.15) is 12.0 Å². The van der Waals surface area contributed by atoms with Crippen molar-refractivity contribution in [1.29, 1.82) is 0 Å². The molecule has 144 valence electrons. The van der Waals surface area contributed by atoms with Crippen LogP contribution in [0, 0.1) is 0 Å². The fourth-order valence-electron chi connectivity index (χ4n) is 2.52. The highest BCUT2D eigenvalue weighted by Crippen LogP contribution is 2.14. The molecule has 2 aromatic heterocycles. The Morgan fingerprint density at radius 3 is 2.64 bits per heavy atom. The van der Waals surface area contributed by atoms with Crippen LogP contribution >= 0.6 is 11.6 Å². The summed E-state index contributed by atoms with van der Waals surface area (Å²) in [5.74, 6) is 2.02. The first-order chi connectivity index (χ1) is 13.7. The molecule has 0 aliphatic rings. The predicted octanol–water partition coefficient (Wildman–Crippen LogP) is 3.43. The van der Waals surface area contributed by atoms with Gasteiger partial charge in [-0.25, -0.2) is 15.0 Å². The number of carbonyl (C=O) groups is 1. The minimum absolute atomic E-state index is 0.00182. The van der Waals surface area contributed by atoms with Crippen molar-refractivity contribution in [2.24, 2.45) is 0 Å². The van der Waals surface area contributed by atoms with Gasteiger partial charge in [-0.05, 0) is 36.2 Å². The number of nitrogens with one attached hydrogen (secondary N) is 3. The first-order valence-corrected chi connectivity index (χ1v) is 9.32. The van der Waals surface area contributed by atoms with Crippen molar-refractivity contribution in [3.05, 3.63) is 71.6 Å². The van der Waals surface area contributed by atoms with Crippen LogP contribution in [0.5, 0.6) is 0 Å². The van der Waals surface area contributed by atoms with Gasteiger partial charge in [0.05, 0.1) is 0 Å². The Hall–Kier alpha value is -3.19. The van der Waals surface area contributed by atoms with Crippen molar-refractivity contribution in [3.8, 4) is 0 Å². The molecule has 0 saturated carbocycles. The summed E-state index contributed by atoms with van der Waals surface area (Å²) in [6.45, 7) is 1.06. The Labute approximate surface area is 168 Å². The zero-order valence-electron chi connectivity index (χ0n) is 15.2. The molecule has 1 amide bonds. The number of pyridine rings is 1. The fourth-order valence-corrected chi connectivity index (χ4v) is 2.73. The standard InChI is InChI=1S/C20H21ClN6O/c21-16-5-3-4-15(12-16)7-8-20(28)24-11-10-23-18-13-19(26-14-25-18)27-17-6-1-2-9-22-17/h1-6,9,12-14H,7-8,10-11H2,(H,24,28)(H2,22,23,25,26,27). The van der Waals surface area contributed by atoms with Gasteiger partial charge in [-0.3, -0.25) is 4.79 Å². The topological polar surface area (TPSA) is 91.8 Å². The van der Waals surface area contributed by atoms with E-state index >= 15 is 0 Å². The van der Waals surface area contributed by atoms with E-state index in [9.17, 15) is 4.79 Å². The average molecular weight is 397 g/mol. The zero-order valence-corrected chi connectivity index (χ0v) is 16.0. The number of amides is 1. The molecule has 3 N–H and O–H groups in total. The van der Waals surface area contributed by atoms with Crippen LogP contribution in [-0.4, -0.2) is 33.9 Å². The van der Waals surface area contributed by atoms with Gasteiger partial charge < -0.3 is 16.0 Å². The SMILES string of the molecule is O=C(CCc1cccc(Cl)c1)NCCNc1cc(Nc2ccccn2)ncn1. The quantitative estimate of drug-likeness (QED) is 0.480. The lowest BCUT2D eigenvalue weighted by Crippen LogP contribution is -2.29. The number of halogens is 1. The number of nitrogens with zero attached hydrogens (tertiary/aromatic N) is 3. The number of anilines is 3. The number of aryl methyl sites for hydroxylation is 1. The number of hydrogen-bond donors (Lipinski definition) is 3. The molecule has 0 aliphatic carbocycles. The summed E-state index contributed by atoms with van der Waals surface area (Å²) < 4.78 is 0. The van der Waals surface area contributed by atoms with Crippen molar-refractivity contribution in [2.45, 2.75) is 12.8 Å². The van der Waals surface area contributed by atoms with E-state index in [1.54, 1.807) is 12.3 Å². The van der Waals surface area contributed by atoms with Crippen LogP contribution in [0.4, 0.5) is 17.5 Å². The van der Waals surface area contributed by atoms with Crippen LogP contribution in [0.15, 0.2) is 61.1 Å². The average Bonchev–Trinajstić information content (AvgIpc) is 2.71. The van der Waals surface area contributed by atoms with Crippen LogP contribution in [0.25, 0.3) is 0 Å². The molecule has 28 heavy (non-hydrogen) atoms. The molecule has 0 radical (unpaired) electrons. The van der Waals surface area contributed by atoms with Gasteiger partial charge in [-0.1, -0.05) is 29.8 Å². The van der Waals surface area contributed by atoms with Crippen LogP contribution < -0.4 is 16.0 Å². The van der Waals surface area contributed by atoms with Crippen molar-refractivity contribution in [2.75, 3.05) is 23.7 Å². The molecule has 3 rings (SSSR count). The molecule has 3 aromatic rings. The number of carbonyl (C=O) groups excluding carboxylic acids is 1. The van der Waals surface area contributed by atoms with Crippen molar-refractivity contribution < 1.29 is 4.79 Å². The van der Waals surface area contributed by atoms with Gasteiger partial charge in [-0.2, -0.15) is 0 Å². The van der Waals surface area contributed by atoms with E-state index in [2.05, 4.69) is 30.9 Å². The molecule has 0 unspecified atom stereocenters. The van der Waals surface area contributed by atoms with Crippen molar-refractivity contribution in [3.63, 3.8) is 0 Å². The number of hydrogen-bond acceptors (Lipinski definition) is 6. The lowest BCUT2D eigenvalue weighted by atomic mass is 10.1. The summed E-state index contributed by atoms with van der Waals surface area (Å²) in [5, 5.41) is 9.84. The molecule has 1 aromatic carbocycles. The van der Waals surface area contributed by atoms with Gasteiger partial charge >= 0.3 is 0 Å². The van der Waals surface area contributed by atoms with E-state index in [1.807, 2.05) is 42.5 Å². The molecular formula is C20H21ClN6O. The van der Waals surface area contributed by atoms with E-state index in [0.29, 0.717) is 48.4 Å². The van der Waals surface area contributed by atoms with Gasteiger partial charge in [0.1, 0.15) is 23.8 Å². The molecule has 0 spiro atoms. The molecule has 8 heteroatoms. The number of aromatic nitrogens is 3. The predicted molar refractivity (Wildman–Crippen MR) is 111 cm³/mol. The Kier molecular flexibility index (Phi) is 7.14. The van der Waals surface area contributed by atoms with E-state index in [4.69, 9.17) is 11.6 Å². The summed E-state index contributed by atoms with van der Waals surface area (Å²) in [6.07, 6.45) is 4.26. The fraction of sp³-hybridized carbons (Fsp3) is 0.200. The number of benzene rings is 1. The van der Waals surface area contributed by atoms with Crippen molar-refractivity contribution in [1.82, 2.24) is 20.3 Å². The number of rotatable bonds is 9. The Bertz CT molecular complexity index is 906. The van der Waals surface area contributed by atoms with Gasteiger partial charge in [-0.15, -0.1) is 0 Å². The third kappa shape index (κ3) is 6.51. The van der Waals surface area contributed by atoms with Crippen LogP contribution in [0.2, 0.25) is 5.02 Å². The van der Waals surface area contributed by atoms with Gasteiger partial charge in [0.15, 0.2) is 0 Å². The Morgan fingerprint density at radius 1 is 0.929 bits per heavy atom. The van der Waals surface area contributed by atoms with Gasteiger partial charge in [0.25, 0.3) is 0 Å². The van der Waals surface area contributed by atoms with Gasteiger partial charge in [0.2, 0.25) is 5.91 Å². The monoisotopic (exact) mass is 396 g/mol. The smallest absolute Gasteiger partial charge is 0.220 e. The maximum atomic E-state index is 12.0. The zero-order chi connectivity index (χ0) is 19.6. The van der Waals surface area contributed by atoms with E-state index in [1.165, 1.54) is 6.33 Å². The van der Waals surface area contributed by atoms with Crippen LogP contribution in [0.3, 0.4) is 0 Å². The Morgan fingerprint density at radius 2 is 1.82 bits per heavy atom. The highest BCUT2D eigenvalue weighted by Gasteiger charge is 2.03. The lowest BCUT2D eigenvalue weighted by Gasteiger charge is -2.09. The third-order valence-electron chi connectivity index (χ3n) is 3.87. The molecule has 2 heterocycles. The molecular weight excluding hydrogens is 376 g/mol. The molecule has 0 saturated heterocycles.